The maximum Gasteiger partial charge on any atom is 0.253 e. The van der Waals surface area contributed by atoms with Crippen LogP contribution >= 0.6 is 0 Å². The average Bonchev–Trinajstić information content (AvgIpc) is 3.09. The van der Waals surface area contributed by atoms with Crippen LogP contribution in [-0.2, 0) is 0 Å². The summed E-state index contributed by atoms with van der Waals surface area (Å²) < 4.78 is 18.0. The number of rotatable bonds is 4. The Kier molecular flexibility index (Phi) is 3.83. The van der Waals surface area contributed by atoms with Gasteiger partial charge in [0, 0.05) is 41.7 Å². The van der Waals surface area contributed by atoms with E-state index in [4.69, 9.17) is 4.74 Å². The molecule has 1 amide bonds. The van der Waals surface area contributed by atoms with E-state index in [0.29, 0.717) is 29.9 Å². The van der Waals surface area contributed by atoms with Gasteiger partial charge < -0.3 is 15.0 Å². The zero-order valence-corrected chi connectivity index (χ0v) is 13.7. The van der Waals surface area contributed by atoms with Crippen LogP contribution in [0, 0.1) is 0 Å². The number of pyridine rings is 2. The van der Waals surface area contributed by atoms with Crippen molar-refractivity contribution in [2.24, 2.45) is 0 Å². The van der Waals surface area contributed by atoms with Crippen LogP contribution in [0.25, 0.3) is 22.3 Å². The third-order valence-electron chi connectivity index (χ3n) is 4.53. The summed E-state index contributed by atoms with van der Waals surface area (Å²) in [5, 5.41) is 2.82. The molecule has 3 aromatic heterocycles. The highest BCUT2D eigenvalue weighted by Gasteiger charge is 2.28. The molecule has 0 radical (unpaired) electrons. The number of methoxy groups -OCH3 is 1. The van der Waals surface area contributed by atoms with Gasteiger partial charge in [0.05, 0.1) is 24.9 Å². The summed E-state index contributed by atoms with van der Waals surface area (Å²) in [6.45, 7) is 0.0180. The summed E-state index contributed by atoms with van der Waals surface area (Å²) in [6, 6.07) is 7.23. The van der Waals surface area contributed by atoms with Gasteiger partial charge in [-0.25, -0.2) is 4.98 Å². The summed E-state index contributed by atoms with van der Waals surface area (Å²) >= 11 is 0. The van der Waals surface area contributed by atoms with E-state index in [-0.39, 0.29) is 11.8 Å². The lowest BCUT2D eigenvalue weighted by molar-refractivity contribution is 0.0938. The molecule has 6 nitrogen and oxygen atoms in total. The molecule has 0 aromatic carbocycles. The SMILES string of the molecule is COc1ccc2nccc(-c3cc4c([nH]3)C(CCF)CNC4=O)c2n1. The first-order valence-electron chi connectivity index (χ1n) is 8.08. The van der Waals surface area contributed by atoms with Crippen molar-refractivity contribution in [1.82, 2.24) is 20.3 Å². The monoisotopic (exact) mass is 340 g/mol. The third-order valence-corrected chi connectivity index (χ3v) is 4.53. The Balaban J connectivity index is 1.87. The lowest BCUT2D eigenvalue weighted by Gasteiger charge is -2.21. The average molecular weight is 340 g/mol. The first-order chi connectivity index (χ1) is 12.2. The molecule has 1 aliphatic rings. The lowest BCUT2D eigenvalue weighted by atomic mass is 9.95. The van der Waals surface area contributed by atoms with Gasteiger partial charge in [-0.15, -0.1) is 0 Å². The second kappa shape index (κ2) is 6.16. The molecule has 4 heterocycles. The number of carbonyl (C=O) groups excluding carboxylic acids is 1. The van der Waals surface area contributed by atoms with Gasteiger partial charge >= 0.3 is 0 Å². The molecule has 4 rings (SSSR count). The van der Waals surface area contributed by atoms with Gasteiger partial charge in [-0.2, -0.15) is 0 Å². The fraction of sp³-hybridized carbons (Fsp3) is 0.278. The number of hydrogen-bond donors (Lipinski definition) is 2. The van der Waals surface area contributed by atoms with E-state index in [9.17, 15) is 9.18 Å². The standard InChI is InChI=1S/C18H17FN4O2/c1-25-15-3-2-13-17(23-15)11(5-7-20-13)14-8-12-16(22-14)10(4-6-19)9-21-18(12)24/h2-3,5,7-8,10,22H,4,6,9H2,1H3,(H,21,24). The third kappa shape index (κ3) is 2.61. The van der Waals surface area contributed by atoms with Crippen LogP contribution in [-0.4, -0.2) is 41.2 Å². The molecule has 0 spiro atoms. The Morgan fingerprint density at radius 3 is 3.00 bits per heavy atom. The number of H-pyrrole nitrogens is 1. The van der Waals surface area contributed by atoms with E-state index in [1.54, 1.807) is 25.4 Å². The maximum absolute atomic E-state index is 12.8. The second-order valence-electron chi connectivity index (χ2n) is 5.97. The topological polar surface area (TPSA) is 79.9 Å². The van der Waals surface area contributed by atoms with Crippen LogP contribution in [0.4, 0.5) is 4.39 Å². The molecule has 1 atom stereocenters. The molecule has 128 valence electrons. The molecule has 7 heteroatoms. The molecule has 0 fully saturated rings. The van der Waals surface area contributed by atoms with Gasteiger partial charge in [-0.05, 0) is 24.6 Å². The maximum atomic E-state index is 12.8. The summed E-state index contributed by atoms with van der Waals surface area (Å²) in [6.07, 6.45) is 2.07. The van der Waals surface area contributed by atoms with Crippen molar-refractivity contribution in [3.63, 3.8) is 0 Å². The fourth-order valence-electron chi connectivity index (χ4n) is 3.26. The van der Waals surface area contributed by atoms with E-state index >= 15 is 0 Å². The lowest BCUT2D eigenvalue weighted by Crippen LogP contribution is -2.34. The number of aromatic nitrogens is 3. The number of aromatic amines is 1. The molecule has 0 saturated carbocycles. The van der Waals surface area contributed by atoms with E-state index < -0.39 is 6.67 Å². The quantitative estimate of drug-likeness (QED) is 0.765. The number of alkyl halides is 1. The number of fused-ring (bicyclic) bond motifs is 2. The van der Waals surface area contributed by atoms with Crippen molar-refractivity contribution < 1.29 is 13.9 Å². The first-order valence-corrected chi connectivity index (χ1v) is 8.08. The Labute approximate surface area is 143 Å². The molecule has 1 unspecified atom stereocenters. The largest absolute Gasteiger partial charge is 0.481 e. The predicted octanol–water partition coefficient (Wildman–Crippen LogP) is 2.82. The number of ether oxygens (including phenoxy) is 1. The highest BCUT2D eigenvalue weighted by atomic mass is 19.1. The van der Waals surface area contributed by atoms with Crippen LogP contribution in [0.1, 0.15) is 28.4 Å². The normalized spacial score (nSPS) is 16.6. The summed E-state index contributed by atoms with van der Waals surface area (Å²) in [5.41, 5.74) is 4.35. The number of halogens is 1. The van der Waals surface area contributed by atoms with Gasteiger partial charge in [-0.3, -0.25) is 14.2 Å². The smallest absolute Gasteiger partial charge is 0.253 e. The van der Waals surface area contributed by atoms with E-state index in [0.717, 1.165) is 22.5 Å². The molecule has 3 aromatic rings. The second-order valence-corrected chi connectivity index (χ2v) is 5.97. The van der Waals surface area contributed by atoms with Crippen molar-refractivity contribution in [2.45, 2.75) is 12.3 Å². The minimum Gasteiger partial charge on any atom is -0.481 e. The zero-order valence-electron chi connectivity index (χ0n) is 13.7. The van der Waals surface area contributed by atoms with Crippen LogP contribution in [0.2, 0.25) is 0 Å². The van der Waals surface area contributed by atoms with Crippen molar-refractivity contribution in [1.29, 1.82) is 0 Å². The van der Waals surface area contributed by atoms with E-state index in [1.807, 2.05) is 12.1 Å². The number of nitrogens with zero attached hydrogens (tertiary/aromatic N) is 2. The molecule has 2 N–H and O–H groups in total. The van der Waals surface area contributed by atoms with Crippen molar-refractivity contribution in [3.8, 4) is 17.1 Å². The van der Waals surface area contributed by atoms with Crippen LogP contribution in [0.5, 0.6) is 5.88 Å². The first kappa shape index (κ1) is 15.6. The molecule has 0 bridgehead atoms. The Bertz CT molecular complexity index is 953. The molecule has 25 heavy (non-hydrogen) atoms. The number of nitrogens with one attached hydrogen (secondary N) is 2. The van der Waals surface area contributed by atoms with Gasteiger partial charge in [0.25, 0.3) is 5.91 Å². The Morgan fingerprint density at radius 1 is 1.32 bits per heavy atom. The van der Waals surface area contributed by atoms with Gasteiger partial charge in [-0.1, -0.05) is 0 Å². The van der Waals surface area contributed by atoms with Crippen LogP contribution in [0.15, 0.2) is 30.5 Å². The molecule has 0 aliphatic carbocycles. The minimum atomic E-state index is -0.425. The number of carbonyl (C=O) groups is 1. The Morgan fingerprint density at radius 2 is 2.20 bits per heavy atom. The zero-order chi connectivity index (χ0) is 17.4. The van der Waals surface area contributed by atoms with Gasteiger partial charge in [0.2, 0.25) is 5.88 Å². The van der Waals surface area contributed by atoms with Crippen LogP contribution in [0.3, 0.4) is 0 Å². The molecular formula is C18H17FN4O2. The number of hydrogen-bond acceptors (Lipinski definition) is 4. The highest BCUT2D eigenvalue weighted by molar-refractivity contribution is 5.99. The summed E-state index contributed by atoms with van der Waals surface area (Å²) in [5.74, 6) is 0.296. The molecule has 1 aliphatic heterocycles. The summed E-state index contributed by atoms with van der Waals surface area (Å²) in [7, 11) is 1.56. The highest BCUT2D eigenvalue weighted by Crippen LogP contribution is 2.33. The van der Waals surface area contributed by atoms with Crippen molar-refractivity contribution in [3.05, 3.63) is 41.7 Å². The fourth-order valence-corrected chi connectivity index (χ4v) is 3.26. The van der Waals surface area contributed by atoms with E-state index in [1.165, 1.54) is 0 Å². The van der Waals surface area contributed by atoms with Gasteiger partial charge in [0.1, 0.15) is 5.52 Å². The Hall–Kier alpha value is -2.96. The van der Waals surface area contributed by atoms with Crippen molar-refractivity contribution >= 4 is 16.9 Å². The van der Waals surface area contributed by atoms with Crippen molar-refractivity contribution in [2.75, 3.05) is 20.3 Å². The minimum absolute atomic E-state index is 0.0537. The van der Waals surface area contributed by atoms with Gasteiger partial charge in [0.15, 0.2) is 0 Å². The predicted molar refractivity (Wildman–Crippen MR) is 91.5 cm³/mol. The molecule has 0 saturated heterocycles. The summed E-state index contributed by atoms with van der Waals surface area (Å²) in [4.78, 5) is 24.3. The van der Waals surface area contributed by atoms with E-state index in [2.05, 4.69) is 20.3 Å². The number of amides is 1. The molecular weight excluding hydrogens is 323 g/mol. The van der Waals surface area contributed by atoms with Crippen LogP contribution < -0.4 is 10.1 Å².